The molecule has 32 heavy (non-hydrogen) atoms. The Morgan fingerprint density at radius 2 is 1.69 bits per heavy atom. The summed E-state index contributed by atoms with van der Waals surface area (Å²) in [4.78, 5) is 7.20. The molecule has 1 N–H and O–H groups in total. The third-order valence-electron chi connectivity index (χ3n) is 5.71. The van der Waals surface area contributed by atoms with Gasteiger partial charge < -0.3 is 14.7 Å². The second-order valence-corrected chi connectivity index (χ2v) is 8.95. The van der Waals surface area contributed by atoms with E-state index in [4.69, 9.17) is 32.9 Å². The molecule has 1 aromatic heterocycles. The maximum absolute atomic E-state index is 11.4. The summed E-state index contributed by atoms with van der Waals surface area (Å²) in [5.41, 5.74) is 3.26. The fourth-order valence-electron chi connectivity index (χ4n) is 3.84. The van der Waals surface area contributed by atoms with Gasteiger partial charge in [0.05, 0.1) is 34.5 Å². The number of methoxy groups -OCH3 is 1. The summed E-state index contributed by atoms with van der Waals surface area (Å²) in [5, 5.41) is 13.2. The lowest BCUT2D eigenvalue weighted by molar-refractivity contribution is 0.112. The van der Waals surface area contributed by atoms with Gasteiger partial charge in [0, 0.05) is 17.5 Å². The Bertz CT molecular complexity index is 1030. The first-order valence-corrected chi connectivity index (χ1v) is 12.1. The molecule has 4 nitrogen and oxygen atoms in total. The first-order chi connectivity index (χ1) is 15.5. The number of hydrogen-bond donors (Lipinski definition) is 1. The second-order valence-electron chi connectivity index (χ2n) is 8.13. The number of aliphatic hydroxyl groups is 1. The monoisotopic (exact) mass is 474 g/mol. The van der Waals surface area contributed by atoms with Crippen molar-refractivity contribution in [3.05, 3.63) is 58.1 Å². The number of rotatable bonds is 11. The van der Waals surface area contributed by atoms with Gasteiger partial charge in [-0.1, -0.05) is 56.0 Å². The molecule has 3 rings (SSSR count). The Morgan fingerprint density at radius 3 is 2.31 bits per heavy atom. The number of fused-ring (bicyclic) bond motifs is 1. The summed E-state index contributed by atoms with van der Waals surface area (Å²) in [6.45, 7) is 6.94. The molecule has 3 aromatic rings. The topological polar surface area (TPSA) is 45.6 Å². The number of aromatic nitrogens is 1. The van der Waals surface area contributed by atoms with E-state index in [9.17, 15) is 5.11 Å². The lowest BCUT2D eigenvalue weighted by Crippen LogP contribution is -2.31. The van der Waals surface area contributed by atoms with Gasteiger partial charge in [-0.15, -0.1) is 0 Å². The first kappa shape index (κ1) is 24.8. The zero-order chi connectivity index (χ0) is 23.1. The molecule has 0 saturated carbocycles. The van der Waals surface area contributed by atoms with Crippen LogP contribution < -0.4 is 4.74 Å². The van der Waals surface area contributed by atoms with Gasteiger partial charge in [-0.25, -0.2) is 4.98 Å². The van der Waals surface area contributed by atoms with E-state index < -0.39 is 6.10 Å². The van der Waals surface area contributed by atoms with E-state index in [1.54, 1.807) is 13.2 Å². The van der Waals surface area contributed by atoms with Crippen molar-refractivity contribution in [1.29, 1.82) is 0 Å². The zero-order valence-corrected chi connectivity index (χ0v) is 20.6. The van der Waals surface area contributed by atoms with E-state index in [0.717, 1.165) is 72.2 Å². The molecule has 0 saturated heterocycles. The predicted octanol–water partition coefficient (Wildman–Crippen LogP) is 7.15. The summed E-state index contributed by atoms with van der Waals surface area (Å²) in [6, 6.07) is 13.2. The normalized spacial score (nSPS) is 12.5. The fraction of sp³-hybridized carbons (Fsp3) is 0.423. The highest BCUT2D eigenvalue weighted by Crippen LogP contribution is 2.33. The van der Waals surface area contributed by atoms with E-state index >= 15 is 0 Å². The number of hydrogen-bond acceptors (Lipinski definition) is 4. The number of benzene rings is 2. The van der Waals surface area contributed by atoms with Crippen LogP contribution in [-0.2, 0) is 0 Å². The molecule has 0 aliphatic carbocycles. The van der Waals surface area contributed by atoms with Crippen molar-refractivity contribution in [3.8, 4) is 17.0 Å². The quantitative estimate of drug-likeness (QED) is 0.320. The lowest BCUT2D eigenvalue weighted by atomic mass is 9.99. The second kappa shape index (κ2) is 11.9. The minimum atomic E-state index is -0.650. The molecule has 1 atom stereocenters. The summed E-state index contributed by atoms with van der Waals surface area (Å²) < 4.78 is 5.44. The van der Waals surface area contributed by atoms with E-state index in [1.807, 2.05) is 36.4 Å². The highest BCUT2D eigenvalue weighted by molar-refractivity contribution is 6.42. The zero-order valence-electron chi connectivity index (χ0n) is 19.1. The Balaban J connectivity index is 2.04. The van der Waals surface area contributed by atoms with Crippen LogP contribution in [0.1, 0.15) is 51.2 Å². The maximum atomic E-state index is 11.4. The maximum Gasteiger partial charge on any atom is 0.119 e. The van der Waals surface area contributed by atoms with Crippen LogP contribution in [0.4, 0.5) is 0 Å². The largest absolute Gasteiger partial charge is 0.497 e. The lowest BCUT2D eigenvalue weighted by Gasteiger charge is -2.26. The molecule has 1 unspecified atom stereocenters. The van der Waals surface area contributed by atoms with Crippen LogP contribution in [0.25, 0.3) is 22.2 Å². The minimum absolute atomic E-state index is 0.480. The summed E-state index contributed by atoms with van der Waals surface area (Å²) in [5.74, 6) is 0.740. The Labute approximate surface area is 201 Å². The van der Waals surface area contributed by atoms with Crippen LogP contribution in [0, 0.1) is 0 Å². The average Bonchev–Trinajstić information content (AvgIpc) is 2.81. The first-order valence-electron chi connectivity index (χ1n) is 11.3. The number of ether oxygens (including phenoxy) is 1. The smallest absolute Gasteiger partial charge is 0.119 e. The average molecular weight is 475 g/mol. The molecule has 0 bridgehead atoms. The van der Waals surface area contributed by atoms with E-state index in [0.29, 0.717) is 16.6 Å². The van der Waals surface area contributed by atoms with Crippen LogP contribution in [-0.4, -0.2) is 41.7 Å². The third kappa shape index (κ3) is 6.14. The van der Waals surface area contributed by atoms with Gasteiger partial charge in [0.2, 0.25) is 0 Å². The van der Waals surface area contributed by atoms with Crippen LogP contribution >= 0.6 is 23.2 Å². The molecular weight excluding hydrogens is 443 g/mol. The van der Waals surface area contributed by atoms with Crippen molar-refractivity contribution >= 4 is 34.1 Å². The van der Waals surface area contributed by atoms with Crippen LogP contribution in [0.2, 0.25) is 10.0 Å². The molecule has 1 heterocycles. The number of pyridine rings is 1. The van der Waals surface area contributed by atoms with Crippen molar-refractivity contribution in [3.63, 3.8) is 0 Å². The van der Waals surface area contributed by atoms with Crippen LogP contribution in [0.3, 0.4) is 0 Å². The number of aliphatic hydroxyl groups excluding tert-OH is 1. The number of unbranched alkanes of at least 4 members (excludes halogenated alkanes) is 2. The summed E-state index contributed by atoms with van der Waals surface area (Å²) in [6.07, 6.45) is 3.86. The van der Waals surface area contributed by atoms with Crippen molar-refractivity contribution in [1.82, 2.24) is 9.88 Å². The molecule has 0 aliphatic heterocycles. The molecule has 0 spiro atoms. The van der Waals surface area contributed by atoms with Gasteiger partial charge in [0.1, 0.15) is 5.75 Å². The number of halogens is 2. The van der Waals surface area contributed by atoms with Crippen LogP contribution in [0.5, 0.6) is 5.75 Å². The molecule has 0 radical (unpaired) electrons. The van der Waals surface area contributed by atoms with Crippen molar-refractivity contribution < 1.29 is 9.84 Å². The van der Waals surface area contributed by atoms with Crippen molar-refractivity contribution in [2.75, 3.05) is 26.7 Å². The molecule has 2 aromatic carbocycles. The minimum Gasteiger partial charge on any atom is -0.497 e. The highest BCUT2D eigenvalue weighted by atomic mass is 35.5. The predicted molar refractivity (Wildman–Crippen MR) is 135 cm³/mol. The van der Waals surface area contributed by atoms with Gasteiger partial charge >= 0.3 is 0 Å². The Kier molecular flexibility index (Phi) is 9.18. The van der Waals surface area contributed by atoms with E-state index in [-0.39, 0.29) is 0 Å². The SMILES string of the molecule is CCCCN(CCCC)CC(O)c1cc(-c2ccc(Cl)c(Cl)c2)nc2ccc(OC)cc12. The Hall–Kier alpha value is -1.85. The highest BCUT2D eigenvalue weighted by Gasteiger charge is 2.19. The molecule has 0 amide bonds. The van der Waals surface area contributed by atoms with E-state index in [1.165, 1.54) is 0 Å². The van der Waals surface area contributed by atoms with E-state index in [2.05, 4.69) is 18.7 Å². The summed E-state index contributed by atoms with van der Waals surface area (Å²) >= 11 is 12.4. The van der Waals surface area contributed by atoms with Gasteiger partial charge in [-0.3, -0.25) is 0 Å². The number of nitrogens with zero attached hydrogens (tertiary/aromatic N) is 2. The summed E-state index contributed by atoms with van der Waals surface area (Å²) in [7, 11) is 1.64. The van der Waals surface area contributed by atoms with Crippen molar-refractivity contribution in [2.24, 2.45) is 0 Å². The van der Waals surface area contributed by atoms with Gasteiger partial charge in [0.15, 0.2) is 0 Å². The van der Waals surface area contributed by atoms with Gasteiger partial charge in [-0.05, 0) is 67.9 Å². The van der Waals surface area contributed by atoms with Gasteiger partial charge in [-0.2, -0.15) is 0 Å². The molecule has 0 aliphatic rings. The fourth-order valence-corrected chi connectivity index (χ4v) is 4.14. The molecule has 172 valence electrons. The third-order valence-corrected chi connectivity index (χ3v) is 6.45. The van der Waals surface area contributed by atoms with Gasteiger partial charge in [0.25, 0.3) is 0 Å². The molecule has 6 heteroatoms. The Morgan fingerprint density at radius 1 is 0.969 bits per heavy atom. The molecule has 0 fully saturated rings. The van der Waals surface area contributed by atoms with Crippen molar-refractivity contribution in [2.45, 2.75) is 45.6 Å². The van der Waals surface area contributed by atoms with Crippen LogP contribution in [0.15, 0.2) is 42.5 Å². The molecular formula is C26H32Cl2N2O2. The standard InChI is InChI=1S/C26H32Cl2N2O2/c1-4-6-12-30(13-7-5-2)17-26(31)21-16-25(18-8-10-22(27)23(28)14-18)29-24-11-9-19(32-3)15-20(21)24/h8-11,14-16,26,31H,4-7,12-13,17H2,1-3H3.